The largest absolute Gasteiger partial charge is 0.463 e. The Kier molecular flexibility index (Phi) is 3.81. The smallest absolute Gasteiger partial charge is 0.164 e. The van der Waals surface area contributed by atoms with Gasteiger partial charge in [-0.1, -0.05) is 0 Å². The number of hydrogen-bond acceptors (Lipinski definition) is 7. The molecule has 24 heavy (non-hydrogen) atoms. The number of aliphatic hydroxyl groups is 3. The molecular formula is C16H17N3O5. The van der Waals surface area contributed by atoms with E-state index >= 15 is 0 Å². The SMILES string of the molecule is OC[C@H]1O[C@@H](n2ccc3c(C4=CCC=CO4)ncnc32)[C@H](O)[C@@H]1O. The zero-order chi connectivity index (χ0) is 16.7. The van der Waals surface area contributed by atoms with Crippen LogP contribution in [0.2, 0.25) is 0 Å². The third-order valence-corrected chi connectivity index (χ3v) is 4.26. The fourth-order valence-electron chi connectivity index (χ4n) is 3.04. The maximum Gasteiger partial charge on any atom is 0.164 e. The van der Waals surface area contributed by atoms with Crippen molar-refractivity contribution in [3.8, 4) is 0 Å². The number of rotatable bonds is 3. The molecule has 8 heteroatoms. The summed E-state index contributed by atoms with van der Waals surface area (Å²) in [5.74, 6) is 0.642. The lowest BCUT2D eigenvalue weighted by Gasteiger charge is -2.17. The monoisotopic (exact) mass is 331 g/mol. The van der Waals surface area contributed by atoms with E-state index in [2.05, 4.69) is 9.97 Å². The van der Waals surface area contributed by atoms with Crippen LogP contribution in [0.4, 0.5) is 0 Å². The first-order valence-corrected chi connectivity index (χ1v) is 7.67. The van der Waals surface area contributed by atoms with E-state index in [-0.39, 0.29) is 6.61 Å². The molecule has 2 aromatic rings. The molecule has 3 N–H and O–H groups in total. The van der Waals surface area contributed by atoms with Gasteiger partial charge in [-0.05, 0) is 24.6 Å². The first kappa shape index (κ1) is 15.3. The predicted octanol–water partition coefficient (Wildman–Crippen LogP) is 0.318. The molecule has 4 heterocycles. The van der Waals surface area contributed by atoms with Crippen molar-refractivity contribution in [1.29, 1.82) is 0 Å². The molecule has 2 aliphatic rings. The second kappa shape index (κ2) is 5.99. The predicted molar refractivity (Wildman–Crippen MR) is 83.4 cm³/mol. The molecule has 0 radical (unpaired) electrons. The van der Waals surface area contributed by atoms with Gasteiger partial charge in [-0.25, -0.2) is 9.97 Å². The van der Waals surface area contributed by atoms with Crippen molar-refractivity contribution in [3.05, 3.63) is 42.7 Å². The Bertz CT molecular complexity index is 815. The number of aliphatic hydroxyl groups excluding tert-OH is 3. The summed E-state index contributed by atoms with van der Waals surface area (Å²) in [5.41, 5.74) is 1.20. The standard InChI is InChI=1S/C16H17N3O5/c20-7-11-13(21)14(22)16(24-11)19-5-4-9-12(17-8-18-15(9)19)10-3-1-2-6-23-10/h2-6,8,11,13-14,16,20-22H,1,7H2/t11-,13-,14-,16-/m1/s1. The van der Waals surface area contributed by atoms with E-state index in [4.69, 9.17) is 9.47 Å². The number of aromatic nitrogens is 3. The number of ether oxygens (including phenoxy) is 2. The first-order valence-electron chi connectivity index (χ1n) is 7.67. The van der Waals surface area contributed by atoms with Crippen LogP contribution in [0.25, 0.3) is 16.8 Å². The van der Waals surface area contributed by atoms with Crippen molar-refractivity contribution in [2.75, 3.05) is 6.61 Å². The summed E-state index contributed by atoms with van der Waals surface area (Å²) < 4.78 is 12.7. The van der Waals surface area contributed by atoms with Crippen LogP contribution in [0.3, 0.4) is 0 Å². The summed E-state index contributed by atoms with van der Waals surface area (Å²) in [5, 5.41) is 30.1. The molecule has 0 bridgehead atoms. The molecule has 0 aliphatic carbocycles. The summed E-state index contributed by atoms with van der Waals surface area (Å²) in [4.78, 5) is 8.56. The molecule has 0 unspecified atom stereocenters. The summed E-state index contributed by atoms with van der Waals surface area (Å²) in [6.07, 6.45) is 5.33. The average Bonchev–Trinajstić information content (AvgIpc) is 3.17. The molecule has 2 aromatic heterocycles. The van der Waals surface area contributed by atoms with Gasteiger partial charge >= 0.3 is 0 Å². The third kappa shape index (κ3) is 2.31. The molecule has 0 saturated carbocycles. The Labute approximate surface area is 137 Å². The maximum absolute atomic E-state index is 10.2. The number of hydrogen-bond donors (Lipinski definition) is 3. The van der Waals surface area contributed by atoms with Gasteiger partial charge in [-0.3, -0.25) is 0 Å². The van der Waals surface area contributed by atoms with Gasteiger partial charge in [-0.15, -0.1) is 0 Å². The zero-order valence-corrected chi connectivity index (χ0v) is 12.7. The number of fused-ring (bicyclic) bond motifs is 1. The second-order valence-electron chi connectivity index (χ2n) is 5.71. The first-order chi connectivity index (χ1) is 11.7. The maximum atomic E-state index is 10.2. The summed E-state index contributed by atoms with van der Waals surface area (Å²) >= 11 is 0. The van der Waals surface area contributed by atoms with Gasteiger partial charge in [-0.2, -0.15) is 0 Å². The van der Waals surface area contributed by atoms with Gasteiger partial charge < -0.3 is 29.4 Å². The van der Waals surface area contributed by atoms with E-state index in [9.17, 15) is 15.3 Å². The molecule has 0 aromatic carbocycles. The minimum absolute atomic E-state index is 0.374. The van der Waals surface area contributed by atoms with E-state index < -0.39 is 24.5 Å². The lowest BCUT2D eigenvalue weighted by Crippen LogP contribution is -2.33. The minimum Gasteiger partial charge on any atom is -0.463 e. The van der Waals surface area contributed by atoms with E-state index in [1.165, 1.54) is 6.33 Å². The number of allylic oxidation sites excluding steroid dienone is 2. The highest BCUT2D eigenvalue weighted by Gasteiger charge is 2.43. The van der Waals surface area contributed by atoms with Gasteiger partial charge in [0, 0.05) is 11.6 Å². The Morgan fingerprint density at radius 3 is 2.83 bits per heavy atom. The Hall–Kier alpha value is -2.26. The van der Waals surface area contributed by atoms with Crippen molar-refractivity contribution >= 4 is 16.8 Å². The zero-order valence-electron chi connectivity index (χ0n) is 12.7. The second-order valence-corrected chi connectivity index (χ2v) is 5.71. The van der Waals surface area contributed by atoms with Crippen LogP contribution in [0.15, 0.2) is 37.0 Å². The van der Waals surface area contributed by atoms with E-state index in [1.807, 2.05) is 18.2 Å². The highest BCUT2D eigenvalue weighted by atomic mass is 16.6. The molecular weight excluding hydrogens is 314 g/mol. The topological polar surface area (TPSA) is 110 Å². The van der Waals surface area contributed by atoms with Crippen molar-refractivity contribution < 1.29 is 24.8 Å². The Morgan fingerprint density at radius 1 is 1.25 bits per heavy atom. The summed E-state index contributed by atoms with van der Waals surface area (Å²) in [6.45, 7) is -0.374. The summed E-state index contributed by atoms with van der Waals surface area (Å²) in [6, 6.07) is 1.81. The molecule has 0 amide bonds. The van der Waals surface area contributed by atoms with E-state index in [0.717, 1.165) is 11.8 Å². The molecule has 8 nitrogen and oxygen atoms in total. The third-order valence-electron chi connectivity index (χ3n) is 4.26. The van der Waals surface area contributed by atoms with Gasteiger partial charge in [0.2, 0.25) is 0 Å². The van der Waals surface area contributed by atoms with Gasteiger partial charge in [0.1, 0.15) is 41.7 Å². The van der Waals surface area contributed by atoms with Gasteiger partial charge in [0.05, 0.1) is 12.9 Å². The highest BCUT2D eigenvalue weighted by molar-refractivity contribution is 5.87. The minimum atomic E-state index is -1.16. The van der Waals surface area contributed by atoms with Crippen LogP contribution >= 0.6 is 0 Å². The van der Waals surface area contributed by atoms with Crippen molar-refractivity contribution in [1.82, 2.24) is 14.5 Å². The quantitative estimate of drug-likeness (QED) is 0.743. The number of nitrogens with zero attached hydrogens (tertiary/aromatic N) is 3. The van der Waals surface area contributed by atoms with Crippen LogP contribution in [-0.4, -0.2) is 54.8 Å². The molecule has 4 atom stereocenters. The normalized spacial score (nSPS) is 29.7. The van der Waals surface area contributed by atoms with Crippen LogP contribution in [-0.2, 0) is 9.47 Å². The van der Waals surface area contributed by atoms with Crippen LogP contribution < -0.4 is 0 Å². The molecule has 126 valence electrons. The van der Waals surface area contributed by atoms with Gasteiger partial charge in [0.25, 0.3) is 0 Å². The van der Waals surface area contributed by atoms with E-state index in [1.54, 1.807) is 17.0 Å². The molecule has 4 rings (SSSR count). The average molecular weight is 331 g/mol. The molecule has 2 aliphatic heterocycles. The molecule has 1 fully saturated rings. The lowest BCUT2D eigenvalue weighted by atomic mass is 10.1. The highest BCUT2D eigenvalue weighted by Crippen LogP contribution is 2.33. The van der Waals surface area contributed by atoms with Crippen LogP contribution in [0.5, 0.6) is 0 Å². The molecule has 1 saturated heterocycles. The lowest BCUT2D eigenvalue weighted by molar-refractivity contribution is -0.0508. The fraction of sp³-hybridized carbons (Fsp3) is 0.375. The molecule has 0 spiro atoms. The van der Waals surface area contributed by atoms with Crippen molar-refractivity contribution in [3.63, 3.8) is 0 Å². The van der Waals surface area contributed by atoms with Crippen molar-refractivity contribution in [2.45, 2.75) is 31.0 Å². The Morgan fingerprint density at radius 2 is 2.12 bits per heavy atom. The van der Waals surface area contributed by atoms with Crippen LogP contribution in [0, 0.1) is 0 Å². The van der Waals surface area contributed by atoms with Gasteiger partial charge in [0.15, 0.2) is 6.23 Å². The van der Waals surface area contributed by atoms with Crippen molar-refractivity contribution in [2.24, 2.45) is 0 Å². The fourth-order valence-corrected chi connectivity index (χ4v) is 3.04. The van der Waals surface area contributed by atoms with E-state index in [0.29, 0.717) is 17.1 Å². The summed E-state index contributed by atoms with van der Waals surface area (Å²) in [7, 11) is 0. The Balaban J connectivity index is 1.75. The van der Waals surface area contributed by atoms with Crippen LogP contribution in [0.1, 0.15) is 18.3 Å².